The number of hydrazine groups is 1. The molecule has 4 N–H and O–H groups in total. The number of nitrogens with two attached hydrogens (primary N) is 1. The third-order valence-corrected chi connectivity index (χ3v) is 2.53. The molecule has 1 aromatic rings. The monoisotopic (exact) mass is 251 g/mol. The van der Waals surface area contributed by atoms with E-state index in [4.69, 9.17) is 5.84 Å². The SMILES string of the molecule is CC(C)CCCCNC(=O)c1cnc(NN)cn1. The topological polar surface area (TPSA) is 92.9 Å². The molecule has 0 radical (unpaired) electrons. The summed E-state index contributed by atoms with van der Waals surface area (Å²) >= 11 is 0. The molecule has 0 aliphatic carbocycles. The van der Waals surface area contributed by atoms with Gasteiger partial charge in [-0.3, -0.25) is 4.79 Å². The van der Waals surface area contributed by atoms with E-state index in [2.05, 4.69) is 34.6 Å². The third-order valence-electron chi connectivity index (χ3n) is 2.53. The Morgan fingerprint density at radius 3 is 2.67 bits per heavy atom. The van der Waals surface area contributed by atoms with Crippen LogP contribution in [0.15, 0.2) is 12.4 Å². The van der Waals surface area contributed by atoms with Crippen LogP contribution >= 0.6 is 0 Å². The average molecular weight is 251 g/mol. The molecule has 0 atom stereocenters. The zero-order valence-corrected chi connectivity index (χ0v) is 10.9. The van der Waals surface area contributed by atoms with E-state index in [0.717, 1.165) is 12.8 Å². The van der Waals surface area contributed by atoms with Crippen molar-refractivity contribution in [3.63, 3.8) is 0 Å². The van der Waals surface area contributed by atoms with E-state index < -0.39 is 0 Å². The Morgan fingerprint density at radius 2 is 2.11 bits per heavy atom. The van der Waals surface area contributed by atoms with Crippen LogP contribution in [0.3, 0.4) is 0 Å². The van der Waals surface area contributed by atoms with Crippen molar-refractivity contribution in [3.8, 4) is 0 Å². The molecule has 0 saturated heterocycles. The number of nitrogen functional groups attached to an aromatic ring is 1. The van der Waals surface area contributed by atoms with Gasteiger partial charge in [-0.15, -0.1) is 0 Å². The molecule has 0 aliphatic rings. The quantitative estimate of drug-likeness (QED) is 0.386. The molecule has 0 bridgehead atoms. The molecular formula is C12H21N5O. The standard InChI is InChI=1S/C12H21N5O/c1-9(2)5-3-4-6-14-12(18)10-7-16-11(17-13)8-15-10/h7-9H,3-6,13H2,1-2H3,(H,14,18)(H,16,17). The second-order valence-corrected chi connectivity index (χ2v) is 4.58. The zero-order chi connectivity index (χ0) is 13.4. The number of amides is 1. The molecule has 18 heavy (non-hydrogen) atoms. The third kappa shape index (κ3) is 5.09. The van der Waals surface area contributed by atoms with E-state index in [1.807, 2.05) is 0 Å². The van der Waals surface area contributed by atoms with E-state index in [9.17, 15) is 4.79 Å². The number of unbranched alkanes of at least 4 members (excludes halogenated alkanes) is 1. The number of nitrogens with zero attached hydrogens (tertiary/aromatic N) is 2. The van der Waals surface area contributed by atoms with Crippen LogP contribution in [0.5, 0.6) is 0 Å². The van der Waals surface area contributed by atoms with Gasteiger partial charge >= 0.3 is 0 Å². The maximum atomic E-state index is 11.7. The first-order valence-corrected chi connectivity index (χ1v) is 6.20. The lowest BCUT2D eigenvalue weighted by Crippen LogP contribution is -2.25. The van der Waals surface area contributed by atoms with E-state index >= 15 is 0 Å². The summed E-state index contributed by atoms with van der Waals surface area (Å²) in [6.45, 7) is 5.06. The maximum absolute atomic E-state index is 11.7. The lowest BCUT2D eigenvalue weighted by Gasteiger charge is -2.06. The number of anilines is 1. The van der Waals surface area contributed by atoms with Crippen LogP contribution in [0, 0.1) is 5.92 Å². The van der Waals surface area contributed by atoms with Crippen molar-refractivity contribution in [2.75, 3.05) is 12.0 Å². The van der Waals surface area contributed by atoms with Crippen molar-refractivity contribution in [1.82, 2.24) is 15.3 Å². The Balaban J connectivity index is 2.27. The number of hydrogen-bond donors (Lipinski definition) is 3. The minimum atomic E-state index is -0.199. The zero-order valence-electron chi connectivity index (χ0n) is 10.9. The number of carbonyl (C=O) groups excluding carboxylic acids is 1. The minimum Gasteiger partial charge on any atom is -0.351 e. The first-order valence-electron chi connectivity index (χ1n) is 6.20. The van der Waals surface area contributed by atoms with Gasteiger partial charge in [0, 0.05) is 6.54 Å². The molecule has 1 amide bonds. The van der Waals surface area contributed by atoms with Crippen molar-refractivity contribution in [3.05, 3.63) is 18.1 Å². The van der Waals surface area contributed by atoms with Gasteiger partial charge in [0.15, 0.2) is 5.82 Å². The summed E-state index contributed by atoms with van der Waals surface area (Å²) in [5, 5.41) is 2.82. The predicted molar refractivity (Wildman–Crippen MR) is 70.9 cm³/mol. The second-order valence-electron chi connectivity index (χ2n) is 4.58. The smallest absolute Gasteiger partial charge is 0.271 e. The van der Waals surface area contributed by atoms with Gasteiger partial charge in [-0.25, -0.2) is 15.8 Å². The van der Waals surface area contributed by atoms with Gasteiger partial charge in [-0.1, -0.05) is 26.7 Å². The molecule has 1 rings (SSSR count). The number of hydrogen-bond acceptors (Lipinski definition) is 5. The van der Waals surface area contributed by atoms with Gasteiger partial charge in [0.1, 0.15) is 5.69 Å². The average Bonchev–Trinajstić information content (AvgIpc) is 2.38. The minimum absolute atomic E-state index is 0.199. The van der Waals surface area contributed by atoms with E-state index in [1.54, 1.807) is 0 Å². The highest BCUT2D eigenvalue weighted by Gasteiger charge is 2.06. The number of rotatable bonds is 7. The van der Waals surface area contributed by atoms with Gasteiger partial charge in [-0.2, -0.15) is 0 Å². The van der Waals surface area contributed by atoms with Gasteiger partial charge in [0.25, 0.3) is 5.91 Å². The van der Waals surface area contributed by atoms with Crippen molar-refractivity contribution in [2.45, 2.75) is 33.1 Å². The molecule has 1 heterocycles. The maximum Gasteiger partial charge on any atom is 0.271 e. The number of nitrogens with one attached hydrogen (secondary N) is 2. The predicted octanol–water partition coefficient (Wildman–Crippen LogP) is 1.32. The van der Waals surface area contributed by atoms with Gasteiger partial charge < -0.3 is 10.7 Å². The fourth-order valence-corrected chi connectivity index (χ4v) is 1.49. The summed E-state index contributed by atoms with van der Waals surface area (Å²) in [6.07, 6.45) is 6.12. The Bertz CT molecular complexity index is 363. The highest BCUT2D eigenvalue weighted by Crippen LogP contribution is 2.05. The van der Waals surface area contributed by atoms with Gasteiger partial charge in [-0.05, 0) is 12.3 Å². The molecule has 6 heteroatoms. The molecule has 0 aromatic carbocycles. The van der Waals surface area contributed by atoms with Crippen LogP contribution in [0.25, 0.3) is 0 Å². The largest absolute Gasteiger partial charge is 0.351 e. The Kier molecular flexibility index (Phi) is 6.07. The molecule has 100 valence electrons. The molecule has 0 unspecified atom stereocenters. The fourth-order valence-electron chi connectivity index (χ4n) is 1.49. The molecule has 0 fully saturated rings. The summed E-state index contributed by atoms with van der Waals surface area (Å²) in [7, 11) is 0. The molecule has 1 aromatic heterocycles. The van der Waals surface area contributed by atoms with Crippen LogP contribution in [-0.2, 0) is 0 Å². The Hall–Kier alpha value is -1.69. The second kappa shape index (κ2) is 7.60. The first kappa shape index (κ1) is 14.4. The van der Waals surface area contributed by atoms with Crippen molar-refractivity contribution in [2.24, 2.45) is 11.8 Å². The summed E-state index contributed by atoms with van der Waals surface area (Å²) < 4.78 is 0. The summed E-state index contributed by atoms with van der Waals surface area (Å²) in [5.41, 5.74) is 2.66. The molecule has 0 saturated carbocycles. The first-order chi connectivity index (χ1) is 8.63. The number of carbonyl (C=O) groups is 1. The van der Waals surface area contributed by atoms with Gasteiger partial charge in [0.05, 0.1) is 12.4 Å². The summed E-state index contributed by atoms with van der Waals surface area (Å²) in [4.78, 5) is 19.6. The Morgan fingerprint density at radius 1 is 1.33 bits per heavy atom. The van der Waals surface area contributed by atoms with Crippen LogP contribution in [0.2, 0.25) is 0 Å². The molecule has 0 aliphatic heterocycles. The Labute approximate surface area is 107 Å². The van der Waals surface area contributed by atoms with E-state index in [1.165, 1.54) is 18.8 Å². The fraction of sp³-hybridized carbons (Fsp3) is 0.583. The van der Waals surface area contributed by atoms with E-state index in [0.29, 0.717) is 24.0 Å². The molecule has 6 nitrogen and oxygen atoms in total. The normalized spacial score (nSPS) is 10.4. The van der Waals surface area contributed by atoms with Crippen molar-refractivity contribution < 1.29 is 4.79 Å². The van der Waals surface area contributed by atoms with Crippen LogP contribution in [-0.4, -0.2) is 22.4 Å². The highest BCUT2D eigenvalue weighted by atomic mass is 16.1. The summed E-state index contributed by atoms with van der Waals surface area (Å²) in [6, 6.07) is 0. The molecule has 0 spiro atoms. The van der Waals surface area contributed by atoms with E-state index in [-0.39, 0.29) is 5.91 Å². The van der Waals surface area contributed by atoms with Crippen LogP contribution in [0.1, 0.15) is 43.6 Å². The van der Waals surface area contributed by atoms with Crippen molar-refractivity contribution >= 4 is 11.7 Å². The van der Waals surface area contributed by atoms with Crippen molar-refractivity contribution in [1.29, 1.82) is 0 Å². The lowest BCUT2D eigenvalue weighted by molar-refractivity contribution is 0.0947. The lowest BCUT2D eigenvalue weighted by atomic mass is 10.1. The van der Waals surface area contributed by atoms with Crippen LogP contribution in [0.4, 0.5) is 5.82 Å². The van der Waals surface area contributed by atoms with Gasteiger partial charge in [0.2, 0.25) is 0 Å². The summed E-state index contributed by atoms with van der Waals surface area (Å²) in [5.74, 6) is 6.11. The highest BCUT2D eigenvalue weighted by molar-refractivity contribution is 5.91. The number of aromatic nitrogens is 2. The molecular weight excluding hydrogens is 230 g/mol. The van der Waals surface area contributed by atoms with Crippen LogP contribution < -0.4 is 16.6 Å².